The van der Waals surface area contributed by atoms with Gasteiger partial charge in [-0.3, -0.25) is 9.59 Å². The van der Waals surface area contributed by atoms with Gasteiger partial charge in [0.05, 0.1) is 16.9 Å². The highest BCUT2D eigenvalue weighted by Gasteiger charge is 2.29. The molecule has 1 aliphatic rings. The van der Waals surface area contributed by atoms with Gasteiger partial charge in [-0.2, -0.15) is 0 Å². The van der Waals surface area contributed by atoms with Gasteiger partial charge in [0.15, 0.2) is 0 Å². The number of Topliss-reactive ketones (excluding diaryl/α,β-unsaturated/α-hetero) is 1. The van der Waals surface area contributed by atoms with Crippen LogP contribution in [0.5, 0.6) is 0 Å². The lowest BCUT2D eigenvalue weighted by atomic mass is 10.1. The fraction of sp³-hybridized carbons (Fsp3) is 0.125. The van der Waals surface area contributed by atoms with E-state index in [4.69, 9.17) is 0 Å². The monoisotopic (exact) mass is 344 g/mol. The lowest BCUT2D eigenvalue weighted by Crippen LogP contribution is -2.12. The van der Waals surface area contributed by atoms with Crippen LogP contribution in [0.3, 0.4) is 0 Å². The summed E-state index contributed by atoms with van der Waals surface area (Å²) in [5, 5.41) is 2.60. The predicted molar refractivity (Wildman–Crippen MR) is 86.3 cm³/mol. The molecule has 0 spiro atoms. The van der Waals surface area contributed by atoms with Crippen LogP contribution in [0.15, 0.2) is 40.9 Å². The number of fused-ring (bicyclic) bond motifs is 1. The molecule has 1 N–H and O–H groups in total. The molecule has 0 aliphatic carbocycles. The zero-order valence-corrected chi connectivity index (χ0v) is 13.2. The second kappa shape index (κ2) is 5.00. The van der Waals surface area contributed by atoms with Gasteiger partial charge in [0, 0.05) is 17.2 Å². The van der Waals surface area contributed by atoms with Crippen LogP contribution in [0.25, 0.3) is 0 Å². The van der Waals surface area contributed by atoms with E-state index in [1.165, 1.54) is 0 Å². The van der Waals surface area contributed by atoms with Crippen molar-refractivity contribution in [2.75, 3.05) is 17.3 Å². The number of hydrogen-bond donors (Lipinski definition) is 1. The first-order valence-electron chi connectivity index (χ1n) is 6.47. The zero-order chi connectivity index (χ0) is 15.1. The van der Waals surface area contributed by atoms with Crippen molar-refractivity contribution in [2.45, 2.75) is 6.92 Å². The van der Waals surface area contributed by atoms with Crippen molar-refractivity contribution in [3.05, 3.63) is 52.0 Å². The highest BCUT2D eigenvalue weighted by Crippen LogP contribution is 2.38. The maximum atomic E-state index is 11.7. The number of aryl methyl sites for hydroxylation is 1. The van der Waals surface area contributed by atoms with Gasteiger partial charge in [0.25, 0.3) is 11.7 Å². The first kappa shape index (κ1) is 13.8. The molecule has 3 rings (SSSR count). The van der Waals surface area contributed by atoms with Crippen molar-refractivity contribution >= 4 is 44.7 Å². The number of carbonyl (C=O) groups excluding carboxylic acids is 2. The average Bonchev–Trinajstić information content (AvgIpc) is 2.73. The number of ketones is 1. The number of amides is 1. The van der Waals surface area contributed by atoms with Crippen molar-refractivity contribution in [1.29, 1.82) is 0 Å². The molecule has 106 valence electrons. The number of nitrogens with one attached hydrogen (secondary N) is 1. The molecule has 5 heteroatoms. The van der Waals surface area contributed by atoms with E-state index in [1.807, 2.05) is 49.2 Å². The summed E-state index contributed by atoms with van der Waals surface area (Å²) in [5.74, 6) is -1.07. The summed E-state index contributed by atoms with van der Waals surface area (Å²) < 4.78 is 0.775. The van der Waals surface area contributed by atoms with Crippen LogP contribution in [0.1, 0.15) is 15.9 Å². The minimum atomic E-state index is -0.576. The summed E-state index contributed by atoms with van der Waals surface area (Å²) in [4.78, 5) is 25.2. The third kappa shape index (κ3) is 2.23. The Bertz CT molecular complexity index is 771. The number of nitrogens with zero attached hydrogens (tertiary/aromatic N) is 1. The first-order valence-corrected chi connectivity index (χ1v) is 7.27. The second-order valence-corrected chi connectivity index (χ2v) is 5.83. The van der Waals surface area contributed by atoms with E-state index in [-0.39, 0.29) is 0 Å². The lowest BCUT2D eigenvalue weighted by Gasteiger charge is -2.23. The van der Waals surface area contributed by atoms with Crippen LogP contribution in [-0.4, -0.2) is 18.7 Å². The number of halogens is 1. The number of anilines is 3. The average molecular weight is 345 g/mol. The van der Waals surface area contributed by atoms with E-state index in [1.54, 1.807) is 6.07 Å². The Morgan fingerprint density at radius 1 is 1.10 bits per heavy atom. The van der Waals surface area contributed by atoms with E-state index in [0.717, 1.165) is 21.4 Å². The van der Waals surface area contributed by atoms with Crippen LogP contribution in [-0.2, 0) is 4.79 Å². The molecule has 0 fully saturated rings. The minimum Gasteiger partial charge on any atom is -0.343 e. The molecule has 0 bridgehead atoms. The smallest absolute Gasteiger partial charge is 0.296 e. The zero-order valence-electron chi connectivity index (χ0n) is 11.6. The molecule has 0 atom stereocenters. The largest absolute Gasteiger partial charge is 0.343 e. The molecule has 21 heavy (non-hydrogen) atoms. The van der Waals surface area contributed by atoms with E-state index < -0.39 is 11.7 Å². The van der Waals surface area contributed by atoms with Gasteiger partial charge < -0.3 is 10.2 Å². The van der Waals surface area contributed by atoms with Crippen LogP contribution < -0.4 is 10.2 Å². The van der Waals surface area contributed by atoms with Gasteiger partial charge in [-0.25, -0.2) is 0 Å². The topological polar surface area (TPSA) is 49.4 Å². The summed E-state index contributed by atoms with van der Waals surface area (Å²) >= 11 is 3.49. The van der Waals surface area contributed by atoms with Gasteiger partial charge in [-0.05, 0) is 46.6 Å². The van der Waals surface area contributed by atoms with E-state index >= 15 is 0 Å². The molecular formula is C16H13BrN2O2. The molecule has 1 aliphatic heterocycles. The van der Waals surface area contributed by atoms with Crippen molar-refractivity contribution < 1.29 is 9.59 Å². The van der Waals surface area contributed by atoms with Crippen molar-refractivity contribution in [3.63, 3.8) is 0 Å². The Balaban J connectivity index is 2.09. The molecule has 0 unspecified atom stereocenters. The standard InChI is InChI=1S/C16H13BrN2O2/c1-9-5-3-4-6-13(9)19(2)14-8-12-10(7-11(14)17)15(20)16(21)18-12/h3-8H,1-2H3,(H,18,20,21). The molecule has 1 amide bonds. The predicted octanol–water partition coefficient (Wildman–Crippen LogP) is 3.66. The first-order chi connectivity index (χ1) is 9.99. The Labute approximate surface area is 130 Å². The van der Waals surface area contributed by atoms with Crippen LogP contribution in [0.2, 0.25) is 0 Å². The van der Waals surface area contributed by atoms with E-state index in [2.05, 4.69) is 21.2 Å². The molecule has 2 aromatic carbocycles. The van der Waals surface area contributed by atoms with Crippen molar-refractivity contribution in [1.82, 2.24) is 0 Å². The van der Waals surface area contributed by atoms with Gasteiger partial charge in [0.1, 0.15) is 0 Å². The van der Waals surface area contributed by atoms with E-state index in [9.17, 15) is 9.59 Å². The normalized spacial score (nSPS) is 13.1. The Morgan fingerprint density at radius 3 is 2.52 bits per heavy atom. The number of carbonyl (C=O) groups is 2. The number of rotatable bonds is 2. The summed E-state index contributed by atoms with van der Waals surface area (Å²) in [7, 11) is 1.95. The van der Waals surface area contributed by atoms with Crippen molar-refractivity contribution in [2.24, 2.45) is 0 Å². The Hall–Kier alpha value is -2.14. The summed E-state index contributed by atoms with van der Waals surface area (Å²) in [6.07, 6.45) is 0. The maximum absolute atomic E-state index is 11.7. The number of benzene rings is 2. The van der Waals surface area contributed by atoms with Gasteiger partial charge in [0.2, 0.25) is 0 Å². The molecule has 4 nitrogen and oxygen atoms in total. The van der Waals surface area contributed by atoms with Gasteiger partial charge in [-0.1, -0.05) is 18.2 Å². The second-order valence-electron chi connectivity index (χ2n) is 4.98. The third-order valence-electron chi connectivity index (χ3n) is 3.62. The summed E-state index contributed by atoms with van der Waals surface area (Å²) in [6.45, 7) is 2.04. The van der Waals surface area contributed by atoms with Gasteiger partial charge in [-0.15, -0.1) is 0 Å². The fourth-order valence-corrected chi connectivity index (χ4v) is 3.09. The highest BCUT2D eigenvalue weighted by molar-refractivity contribution is 9.10. The molecule has 0 aromatic heterocycles. The maximum Gasteiger partial charge on any atom is 0.296 e. The molecule has 0 saturated heterocycles. The fourth-order valence-electron chi connectivity index (χ4n) is 2.48. The van der Waals surface area contributed by atoms with Crippen LogP contribution >= 0.6 is 15.9 Å². The lowest BCUT2D eigenvalue weighted by molar-refractivity contribution is -0.112. The van der Waals surface area contributed by atoms with Crippen molar-refractivity contribution in [3.8, 4) is 0 Å². The molecule has 1 heterocycles. The summed E-state index contributed by atoms with van der Waals surface area (Å²) in [6, 6.07) is 11.5. The molecular weight excluding hydrogens is 332 g/mol. The SMILES string of the molecule is Cc1ccccc1N(C)c1cc2c(cc1Br)C(=O)C(=O)N2. The van der Waals surface area contributed by atoms with Gasteiger partial charge >= 0.3 is 0 Å². The number of hydrogen-bond acceptors (Lipinski definition) is 3. The minimum absolute atomic E-state index is 0.411. The quantitative estimate of drug-likeness (QED) is 0.845. The van der Waals surface area contributed by atoms with Crippen LogP contribution in [0, 0.1) is 6.92 Å². The molecule has 0 radical (unpaired) electrons. The Morgan fingerprint density at radius 2 is 1.81 bits per heavy atom. The van der Waals surface area contributed by atoms with E-state index in [0.29, 0.717) is 11.3 Å². The highest BCUT2D eigenvalue weighted by atomic mass is 79.9. The molecule has 2 aromatic rings. The Kier molecular flexibility index (Phi) is 3.29. The number of para-hydroxylation sites is 1. The third-order valence-corrected chi connectivity index (χ3v) is 4.26. The molecule has 0 saturated carbocycles. The summed E-state index contributed by atoms with van der Waals surface area (Å²) in [5.41, 5.74) is 4.07. The van der Waals surface area contributed by atoms with Crippen LogP contribution in [0.4, 0.5) is 17.1 Å².